The summed E-state index contributed by atoms with van der Waals surface area (Å²) in [6, 6.07) is 2.48. The number of rotatable bonds is 5. The average molecular weight is 361 g/mol. The van der Waals surface area contributed by atoms with Crippen LogP contribution >= 0.6 is 0 Å². The fourth-order valence-electron chi connectivity index (χ4n) is 4.13. The molecule has 3 aliphatic rings. The molecular weight excluding hydrogens is 330 g/mol. The van der Waals surface area contributed by atoms with Crippen LogP contribution in [0.4, 0.5) is 11.8 Å². The smallest absolute Gasteiger partial charge is 0.227 e. The Morgan fingerprint density at radius 2 is 1.88 bits per heavy atom. The Kier molecular flexibility index (Phi) is 6.19. The highest BCUT2D eigenvalue weighted by Crippen LogP contribution is 2.20. The predicted molar refractivity (Wildman–Crippen MR) is 102 cm³/mol. The highest BCUT2D eigenvalue weighted by Gasteiger charge is 2.23. The summed E-state index contributed by atoms with van der Waals surface area (Å²) in [5.74, 6) is 2.49. The summed E-state index contributed by atoms with van der Waals surface area (Å²) in [6.45, 7) is 8.67. The first kappa shape index (κ1) is 17.9. The van der Waals surface area contributed by atoms with Crippen LogP contribution in [-0.4, -0.2) is 80.1 Å². The average Bonchev–Trinajstić information content (AvgIpc) is 2.71. The molecule has 0 radical (unpaired) electrons. The van der Waals surface area contributed by atoms with E-state index in [2.05, 4.69) is 20.1 Å². The summed E-state index contributed by atoms with van der Waals surface area (Å²) in [6.07, 6.45) is 6.75. The van der Waals surface area contributed by atoms with E-state index < -0.39 is 0 Å². The minimum absolute atomic E-state index is 0.501. The zero-order valence-electron chi connectivity index (χ0n) is 15.6. The Labute approximate surface area is 156 Å². The van der Waals surface area contributed by atoms with E-state index in [-0.39, 0.29) is 0 Å². The molecule has 3 aliphatic heterocycles. The van der Waals surface area contributed by atoms with E-state index in [0.717, 1.165) is 70.3 Å². The zero-order valence-corrected chi connectivity index (χ0v) is 15.6. The predicted octanol–water partition coefficient (Wildman–Crippen LogP) is 1.62. The van der Waals surface area contributed by atoms with Crippen LogP contribution in [0.25, 0.3) is 0 Å². The first-order chi connectivity index (χ1) is 12.9. The second kappa shape index (κ2) is 8.97. The van der Waals surface area contributed by atoms with E-state index in [1.165, 1.54) is 32.2 Å². The molecule has 0 aliphatic carbocycles. The van der Waals surface area contributed by atoms with Crippen LogP contribution in [-0.2, 0) is 9.47 Å². The lowest BCUT2D eigenvalue weighted by atomic mass is 9.99. The van der Waals surface area contributed by atoms with Crippen molar-refractivity contribution in [2.45, 2.75) is 31.7 Å². The Bertz CT molecular complexity index is 553. The van der Waals surface area contributed by atoms with Gasteiger partial charge in [-0.25, -0.2) is 4.98 Å². The van der Waals surface area contributed by atoms with Crippen LogP contribution in [0.3, 0.4) is 0 Å². The Morgan fingerprint density at radius 3 is 2.65 bits per heavy atom. The summed E-state index contributed by atoms with van der Waals surface area (Å²) in [4.78, 5) is 14.0. The number of nitrogens with zero attached hydrogens (tertiary/aromatic N) is 4. The van der Waals surface area contributed by atoms with Crippen LogP contribution in [0.5, 0.6) is 0 Å². The van der Waals surface area contributed by atoms with Gasteiger partial charge in [-0.3, -0.25) is 0 Å². The van der Waals surface area contributed by atoms with Crippen molar-refractivity contribution < 1.29 is 9.47 Å². The standard InChI is InChI=1S/C19H31N5O2/c1-2-16(15-26-11-1)14-23-7-4-17(5-8-23)21-18-3-6-20-19(22-18)24-9-12-25-13-10-24/h3,6,16-17H,1-2,4-5,7-15H2,(H,20,21,22). The van der Waals surface area contributed by atoms with Gasteiger partial charge >= 0.3 is 0 Å². The molecule has 1 aromatic heterocycles. The van der Waals surface area contributed by atoms with E-state index in [0.29, 0.717) is 6.04 Å². The largest absolute Gasteiger partial charge is 0.381 e. The number of hydrogen-bond donors (Lipinski definition) is 1. The summed E-state index contributed by atoms with van der Waals surface area (Å²) in [7, 11) is 0. The molecule has 144 valence electrons. The van der Waals surface area contributed by atoms with Crippen LogP contribution in [0.15, 0.2) is 12.3 Å². The van der Waals surface area contributed by atoms with E-state index in [4.69, 9.17) is 14.5 Å². The third-order valence-corrected chi connectivity index (χ3v) is 5.65. The van der Waals surface area contributed by atoms with Gasteiger partial charge < -0.3 is 24.6 Å². The van der Waals surface area contributed by atoms with E-state index in [1.54, 1.807) is 0 Å². The van der Waals surface area contributed by atoms with Crippen molar-refractivity contribution in [2.24, 2.45) is 5.92 Å². The van der Waals surface area contributed by atoms with Gasteiger partial charge in [-0.15, -0.1) is 0 Å². The molecular formula is C19H31N5O2. The molecule has 7 heteroatoms. The fraction of sp³-hybridized carbons (Fsp3) is 0.789. The number of anilines is 2. The molecule has 0 amide bonds. The maximum Gasteiger partial charge on any atom is 0.227 e. The van der Waals surface area contributed by atoms with E-state index >= 15 is 0 Å². The van der Waals surface area contributed by atoms with E-state index in [9.17, 15) is 0 Å². The van der Waals surface area contributed by atoms with Gasteiger partial charge in [0.25, 0.3) is 0 Å². The van der Waals surface area contributed by atoms with Gasteiger partial charge in [-0.05, 0) is 37.7 Å². The minimum Gasteiger partial charge on any atom is -0.381 e. The molecule has 0 saturated carbocycles. The topological polar surface area (TPSA) is 62.8 Å². The summed E-state index contributed by atoms with van der Waals surface area (Å²) < 4.78 is 11.0. The molecule has 1 unspecified atom stereocenters. The lowest BCUT2D eigenvalue weighted by Gasteiger charge is -2.35. The molecule has 1 N–H and O–H groups in total. The van der Waals surface area contributed by atoms with Gasteiger partial charge in [0.05, 0.1) is 19.8 Å². The van der Waals surface area contributed by atoms with Crippen molar-refractivity contribution in [2.75, 3.05) is 69.4 Å². The van der Waals surface area contributed by atoms with Crippen LogP contribution < -0.4 is 10.2 Å². The van der Waals surface area contributed by atoms with Crippen molar-refractivity contribution in [3.63, 3.8) is 0 Å². The maximum atomic E-state index is 5.62. The van der Waals surface area contributed by atoms with Crippen molar-refractivity contribution in [3.8, 4) is 0 Å². The number of morpholine rings is 1. The quantitative estimate of drug-likeness (QED) is 0.855. The molecule has 26 heavy (non-hydrogen) atoms. The molecule has 0 bridgehead atoms. The van der Waals surface area contributed by atoms with E-state index in [1.807, 2.05) is 12.3 Å². The SMILES string of the molecule is c1cc(NC2CCN(CC3CCCOC3)CC2)nc(N2CCOCC2)n1. The molecule has 0 spiro atoms. The first-order valence-corrected chi connectivity index (χ1v) is 10.1. The first-order valence-electron chi connectivity index (χ1n) is 10.1. The normalized spacial score (nSPS) is 26.0. The summed E-state index contributed by atoms with van der Waals surface area (Å²) in [5, 5.41) is 3.62. The van der Waals surface area contributed by atoms with Crippen molar-refractivity contribution >= 4 is 11.8 Å². The zero-order chi connectivity index (χ0) is 17.6. The van der Waals surface area contributed by atoms with Crippen molar-refractivity contribution in [3.05, 3.63) is 12.3 Å². The van der Waals surface area contributed by atoms with Gasteiger partial charge in [0, 0.05) is 51.6 Å². The second-order valence-electron chi connectivity index (χ2n) is 7.64. The number of ether oxygens (including phenoxy) is 2. The Balaban J connectivity index is 1.25. The lowest BCUT2D eigenvalue weighted by Crippen LogP contribution is -2.42. The van der Waals surface area contributed by atoms with Gasteiger partial charge in [0.15, 0.2) is 0 Å². The number of aromatic nitrogens is 2. The molecule has 4 rings (SSSR count). The third kappa shape index (κ3) is 4.84. The van der Waals surface area contributed by atoms with Crippen LogP contribution in [0.1, 0.15) is 25.7 Å². The Hall–Kier alpha value is -1.44. The van der Waals surface area contributed by atoms with Crippen molar-refractivity contribution in [1.29, 1.82) is 0 Å². The Morgan fingerprint density at radius 1 is 1.04 bits per heavy atom. The lowest BCUT2D eigenvalue weighted by molar-refractivity contribution is 0.0351. The highest BCUT2D eigenvalue weighted by atomic mass is 16.5. The van der Waals surface area contributed by atoms with Crippen LogP contribution in [0.2, 0.25) is 0 Å². The summed E-state index contributed by atoms with van der Waals surface area (Å²) in [5.41, 5.74) is 0. The molecule has 1 aromatic rings. The number of hydrogen-bond acceptors (Lipinski definition) is 7. The minimum atomic E-state index is 0.501. The molecule has 7 nitrogen and oxygen atoms in total. The molecule has 4 heterocycles. The number of piperidine rings is 1. The van der Waals surface area contributed by atoms with Gasteiger partial charge in [0.1, 0.15) is 5.82 Å². The van der Waals surface area contributed by atoms with Gasteiger partial charge in [0.2, 0.25) is 5.95 Å². The van der Waals surface area contributed by atoms with Crippen LogP contribution in [0, 0.1) is 5.92 Å². The van der Waals surface area contributed by atoms with Gasteiger partial charge in [-0.1, -0.05) is 0 Å². The molecule has 0 aromatic carbocycles. The molecule has 3 saturated heterocycles. The fourth-order valence-corrected chi connectivity index (χ4v) is 4.13. The summed E-state index contributed by atoms with van der Waals surface area (Å²) >= 11 is 0. The van der Waals surface area contributed by atoms with Gasteiger partial charge in [-0.2, -0.15) is 4.98 Å². The number of likely N-dealkylation sites (tertiary alicyclic amines) is 1. The maximum absolute atomic E-state index is 5.62. The monoisotopic (exact) mass is 361 g/mol. The number of nitrogens with one attached hydrogen (secondary N) is 1. The molecule has 1 atom stereocenters. The third-order valence-electron chi connectivity index (χ3n) is 5.65. The highest BCUT2D eigenvalue weighted by molar-refractivity contribution is 5.42. The van der Waals surface area contributed by atoms with Crippen molar-refractivity contribution in [1.82, 2.24) is 14.9 Å². The second-order valence-corrected chi connectivity index (χ2v) is 7.64. The molecule has 3 fully saturated rings.